The van der Waals surface area contributed by atoms with E-state index < -0.39 is 79.3 Å². The third-order valence-corrected chi connectivity index (χ3v) is 5.17. The quantitative estimate of drug-likeness (QED) is 0.305. The lowest BCUT2D eigenvalue weighted by atomic mass is 9.98. The number of nitrogens with two attached hydrogens (primary N) is 1. The second kappa shape index (κ2) is 13.8. The smallest absolute Gasteiger partial charge is 0.328 e. The van der Waals surface area contributed by atoms with E-state index in [1.165, 1.54) is 6.92 Å². The van der Waals surface area contributed by atoms with E-state index in [0.29, 0.717) is 0 Å². The van der Waals surface area contributed by atoms with Crippen molar-refractivity contribution in [1.29, 1.82) is 0 Å². The van der Waals surface area contributed by atoms with Crippen molar-refractivity contribution in [1.82, 2.24) is 0 Å². The topological polar surface area (TPSA) is 176 Å². The predicted molar refractivity (Wildman–Crippen MR) is 127 cm³/mol. The fraction of sp³-hybridized carbons (Fsp3) is 0.560. The highest BCUT2D eigenvalue weighted by Crippen LogP contribution is 2.30. The Kier molecular flexibility index (Phi) is 11.2. The van der Waals surface area contributed by atoms with Crippen molar-refractivity contribution in [3.8, 4) is 0 Å². The zero-order valence-electron chi connectivity index (χ0n) is 21.9. The van der Waals surface area contributed by atoms with Crippen molar-refractivity contribution >= 4 is 29.8 Å². The molecule has 0 aromatic heterocycles. The minimum absolute atomic E-state index is 0.0223. The SMILES string of the molecule is CC(=O)OC[C@H]1O[C@@H](OC[C@](C)(N)C(=O)OCc2ccccc2)[C@H](OC(C)=O)[C@@H](OC(C)=O)[C@@H]1OC(C)=O. The van der Waals surface area contributed by atoms with Crippen LogP contribution >= 0.6 is 0 Å². The Balaban J connectivity index is 2.26. The van der Waals surface area contributed by atoms with Gasteiger partial charge < -0.3 is 38.9 Å². The molecule has 1 aromatic rings. The van der Waals surface area contributed by atoms with Crippen LogP contribution in [0.15, 0.2) is 30.3 Å². The van der Waals surface area contributed by atoms with Crippen LogP contribution in [0.1, 0.15) is 40.2 Å². The summed E-state index contributed by atoms with van der Waals surface area (Å²) in [6.45, 7) is 4.91. The first kappa shape index (κ1) is 30.7. The summed E-state index contributed by atoms with van der Waals surface area (Å²) >= 11 is 0. The number of carbonyl (C=O) groups is 5. The Bertz CT molecular complexity index is 995. The Morgan fingerprint density at radius 1 is 0.816 bits per heavy atom. The molecule has 38 heavy (non-hydrogen) atoms. The molecular formula is C25H33NO12. The average molecular weight is 540 g/mol. The molecule has 0 amide bonds. The largest absolute Gasteiger partial charge is 0.463 e. The van der Waals surface area contributed by atoms with E-state index in [9.17, 15) is 24.0 Å². The van der Waals surface area contributed by atoms with Crippen LogP contribution in [0.4, 0.5) is 0 Å². The summed E-state index contributed by atoms with van der Waals surface area (Å²) in [5.41, 5.74) is 5.22. The second-order valence-corrected chi connectivity index (χ2v) is 8.86. The first-order valence-electron chi connectivity index (χ1n) is 11.7. The van der Waals surface area contributed by atoms with Crippen molar-refractivity contribution in [2.45, 2.75) is 77.5 Å². The van der Waals surface area contributed by atoms with Crippen LogP contribution in [-0.2, 0) is 63.7 Å². The Hall–Kier alpha value is -3.55. The maximum atomic E-state index is 12.7. The minimum Gasteiger partial charge on any atom is -0.463 e. The molecule has 2 rings (SSSR count). The molecule has 0 radical (unpaired) electrons. The predicted octanol–water partition coefficient (Wildman–Crippen LogP) is 0.547. The molecule has 1 aliphatic rings. The summed E-state index contributed by atoms with van der Waals surface area (Å²) in [5, 5.41) is 0. The maximum Gasteiger partial charge on any atom is 0.328 e. The molecule has 1 saturated heterocycles. The molecule has 1 aromatic carbocycles. The summed E-state index contributed by atoms with van der Waals surface area (Å²) in [4.78, 5) is 59.7. The molecule has 1 heterocycles. The third kappa shape index (κ3) is 9.39. The van der Waals surface area contributed by atoms with E-state index >= 15 is 0 Å². The van der Waals surface area contributed by atoms with Crippen LogP contribution in [0, 0.1) is 0 Å². The molecule has 1 aliphatic heterocycles. The van der Waals surface area contributed by atoms with Crippen LogP contribution in [0.2, 0.25) is 0 Å². The molecule has 0 spiro atoms. The van der Waals surface area contributed by atoms with Gasteiger partial charge in [-0.05, 0) is 12.5 Å². The molecule has 1 fully saturated rings. The molecular weight excluding hydrogens is 506 g/mol. The van der Waals surface area contributed by atoms with Gasteiger partial charge in [-0.25, -0.2) is 4.79 Å². The van der Waals surface area contributed by atoms with Gasteiger partial charge in [-0.3, -0.25) is 19.2 Å². The monoisotopic (exact) mass is 539 g/mol. The Morgan fingerprint density at radius 3 is 1.92 bits per heavy atom. The molecule has 6 atom stereocenters. The molecule has 210 valence electrons. The highest BCUT2D eigenvalue weighted by atomic mass is 16.7. The van der Waals surface area contributed by atoms with Gasteiger partial charge in [0.15, 0.2) is 24.6 Å². The van der Waals surface area contributed by atoms with E-state index in [1.807, 2.05) is 6.07 Å². The van der Waals surface area contributed by atoms with Gasteiger partial charge in [-0.15, -0.1) is 0 Å². The molecule has 0 bridgehead atoms. The molecule has 0 saturated carbocycles. The minimum atomic E-state index is -1.67. The zero-order chi connectivity index (χ0) is 28.5. The van der Waals surface area contributed by atoms with Gasteiger partial charge in [0.05, 0.1) is 6.61 Å². The van der Waals surface area contributed by atoms with E-state index in [-0.39, 0.29) is 6.61 Å². The highest BCUT2D eigenvalue weighted by molar-refractivity contribution is 5.80. The van der Waals surface area contributed by atoms with Crippen LogP contribution in [-0.4, -0.2) is 79.3 Å². The Morgan fingerprint density at radius 2 is 1.37 bits per heavy atom. The standard InChI is InChI=1S/C25H33NO12/c1-14(27)32-12-19-20(35-15(2)28)21(36-16(3)29)22(37-17(4)30)23(38-19)34-13-25(5,26)24(31)33-11-18-9-7-6-8-10-18/h6-10,19-23H,11-13,26H2,1-5H3/t19-,20-,21+,22-,23-,25+/m1/s1. The average Bonchev–Trinajstić information content (AvgIpc) is 2.82. The number of hydrogen-bond acceptors (Lipinski definition) is 13. The molecule has 2 N–H and O–H groups in total. The lowest BCUT2D eigenvalue weighted by Gasteiger charge is -2.44. The van der Waals surface area contributed by atoms with E-state index in [0.717, 1.165) is 33.3 Å². The van der Waals surface area contributed by atoms with Crippen LogP contribution in [0.3, 0.4) is 0 Å². The third-order valence-electron chi connectivity index (χ3n) is 5.17. The Labute approximate surface area is 219 Å². The van der Waals surface area contributed by atoms with E-state index in [1.54, 1.807) is 24.3 Å². The zero-order valence-corrected chi connectivity index (χ0v) is 21.9. The normalized spacial score (nSPS) is 24.3. The van der Waals surface area contributed by atoms with Gasteiger partial charge in [0.1, 0.15) is 24.9 Å². The summed E-state index contributed by atoms with van der Waals surface area (Å²) < 4.78 is 37.8. The summed E-state index contributed by atoms with van der Waals surface area (Å²) in [6.07, 6.45) is -6.85. The van der Waals surface area contributed by atoms with Crippen molar-refractivity contribution in [3.63, 3.8) is 0 Å². The second-order valence-electron chi connectivity index (χ2n) is 8.86. The van der Waals surface area contributed by atoms with Crippen molar-refractivity contribution < 1.29 is 57.1 Å². The van der Waals surface area contributed by atoms with Gasteiger partial charge in [0, 0.05) is 27.7 Å². The van der Waals surface area contributed by atoms with Gasteiger partial charge in [0.25, 0.3) is 0 Å². The number of hydrogen-bond donors (Lipinski definition) is 1. The van der Waals surface area contributed by atoms with Crippen molar-refractivity contribution in [2.24, 2.45) is 5.73 Å². The molecule has 13 nitrogen and oxygen atoms in total. The lowest BCUT2D eigenvalue weighted by Crippen LogP contribution is -2.63. The highest BCUT2D eigenvalue weighted by Gasteiger charge is 2.53. The van der Waals surface area contributed by atoms with Gasteiger partial charge in [-0.2, -0.15) is 0 Å². The lowest BCUT2D eigenvalue weighted by molar-refractivity contribution is -0.310. The first-order valence-corrected chi connectivity index (χ1v) is 11.7. The van der Waals surface area contributed by atoms with Gasteiger partial charge >= 0.3 is 29.8 Å². The summed E-state index contributed by atoms with van der Waals surface area (Å²) in [6, 6.07) is 8.95. The van der Waals surface area contributed by atoms with Crippen LogP contribution < -0.4 is 5.73 Å². The summed E-state index contributed by atoms with van der Waals surface area (Å²) in [5.74, 6) is -3.78. The molecule has 13 heteroatoms. The fourth-order valence-corrected chi connectivity index (χ4v) is 3.53. The summed E-state index contributed by atoms with van der Waals surface area (Å²) in [7, 11) is 0. The molecule has 0 unspecified atom stereocenters. The van der Waals surface area contributed by atoms with Crippen molar-refractivity contribution in [2.75, 3.05) is 13.2 Å². The number of benzene rings is 1. The number of carbonyl (C=O) groups excluding carboxylic acids is 5. The molecule has 0 aliphatic carbocycles. The van der Waals surface area contributed by atoms with Crippen LogP contribution in [0.5, 0.6) is 0 Å². The number of ether oxygens (including phenoxy) is 7. The van der Waals surface area contributed by atoms with Gasteiger partial charge in [0.2, 0.25) is 0 Å². The van der Waals surface area contributed by atoms with E-state index in [4.69, 9.17) is 38.9 Å². The number of rotatable bonds is 11. The van der Waals surface area contributed by atoms with Crippen molar-refractivity contribution in [3.05, 3.63) is 35.9 Å². The van der Waals surface area contributed by atoms with Crippen LogP contribution in [0.25, 0.3) is 0 Å². The van der Waals surface area contributed by atoms with E-state index in [2.05, 4.69) is 0 Å². The fourth-order valence-electron chi connectivity index (χ4n) is 3.53. The first-order chi connectivity index (χ1) is 17.8. The number of esters is 5. The maximum absolute atomic E-state index is 12.7. The van der Waals surface area contributed by atoms with Gasteiger partial charge in [-0.1, -0.05) is 30.3 Å².